The second-order valence-corrected chi connectivity index (χ2v) is 7.67. The molecule has 0 unspecified atom stereocenters. The zero-order valence-electron chi connectivity index (χ0n) is 12.5. The Kier molecular flexibility index (Phi) is 4.74. The Hall–Kier alpha value is -1.71. The Morgan fingerprint density at radius 1 is 1.20 bits per heavy atom. The molecule has 3 aromatic rings. The van der Waals surface area contributed by atoms with Gasteiger partial charge in [0.15, 0.2) is 0 Å². The van der Waals surface area contributed by atoms with Crippen molar-refractivity contribution in [1.29, 1.82) is 0 Å². The molecule has 0 bridgehead atoms. The maximum atomic E-state index is 13.6. The van der Waals surface area contributed by atoms with Crippen molar-refractivity contribution >= 4 is 40.4 Å². The molecule has 0 radical (unpaired) electrons. The van der Waals surface area contributed by atoms with Crippen molar-refractivity contribution in [2.75, 3.05) is 0 Å². The van der Waals surface area contributed by atoms with Crippen LogP contribution < -0.4 is 0 Å². The van der Waals surface area contributed by atoms with E-state index in [1.165, 1.54) is 22.7 Å². The average molecular weight is 403 g/mol. The lowest BCUT2D eigenvalue weighted by Gasteiger charge is -2.08. The van der Waals surface area contributed by atoms with Gasteiger partial charge in [0.1, 0.15) is 10.8 Å². The maximum Gasteiger partial charge on any atom is 0.416 e. The van der Waals surface area contributed by atoms with Crippen LogP contribution in [0.2, 0.25) is 0 Å². The van der Waals surface area contributed by atoms with Crippen molar-refractivity contribution < 1.29 is 22.4 Å². The van der Waals surface area contributed by atoms with Gasteiger partial charge in [-0.3, -0.25) is 4.79 Å². The van der Waals surface area contributed by atoms with Crippen LogP contribution in [0.5, 0.6) is 0 Å². The molecule has 2 aromatic heterocycles. The molecule has 3 rings (SSSR count). The first-order chi connectivity index (χ1) is 11.6. The highest BCUT2D eigenvalue weighted by Crippen LogP contribution is 2.37. The van der Waals surface area contributed by atoms with Gasteiger partial charge in [-0.05, 0) is 31.2 Å². The highest BCUT2D eigenvalue weighted by molar-refractivity contribution is 7.97. The molecule has 0 spiro atoms. The quantitative estimate of drug-likeness (QED) is 0.425. The van der Waals surface area contributed by atoms with Crippen LogP contribution in [0, 0.1) is 12.7 Å². The molecule has 1 aromatic carbocycles. The average Bonchev–Trinajstić information content (AvgIpc) is 3.12. The minimum Gasteiger partial charge on any atom is -0.281 e. The van der Waals surface area contributed by atoms with Crippen LogP contribution in [0.4, 0.5) is 17.6 Å². The molecular formula is C16H9F4NOS3. The van der Waals surface area contributed by atoms with Crippen LogP contribution in [-0.2, 0) is 6.18 Å². The largest absolute Gasteiger partial charge is 0.416 e. The lowest BCUT2D eigenvalue weighted by molar-refractivity contribution is -0.137. The third-order valence-corrected chi connectivity index (χ3v) is 5.70. The van der Waals surface area contributed by atoms with Gasteiger partial charge >= 0.3 is 6.18 Å². The van der Waals surface area contributed by atoms with E-state index in [-0.39, 0.29) is 16.4 Å². The van der Waals surface area contributed by atoms with Crippen LogP contribution in [-0.4, -0.2) is 10.1 Å². The predicted molar refractivity (Wildman–Crippen MR) is 93.9 cm³/mol. The van der Waals surface area contributed by atoms with Gasteiger partial charge in [0, 0.05) is 21.4 Å². The van der Waals surface area contributed by atoms with Crippen molar-refractivity contribution in [1.82, 2.24) is 4.98 Å². The summed E-state index contributed by atoms with van der Waals surface area (Å²) in [5, 5.41) is 1.74. The van der Waals surface area contributed by atoms with E-state index in [2.05, 4.69) is 17.6 Å². The molecule has 2 heterocycles. The summed E-state index contributed by atoms with van der Waals surface area (Å²) in [6.45, 7) is 1.81. The van der Waals surface area contributed by atoms with E-state index in [0.717, 1.165) is 17.0 Å². The summed E-state index contributed by atoms with van der Waals surface area (Å²) in [6.07, 6.45) is -4.64. The van der Waals surface area contributed by atoms with Crippen LogP contribution in [0.1, 0.15) is 20.1 Å². The topological polar surface area (TPSA) is 30.0 Å². The number of benzene rings is 1. The van der Waals surface area contributed by atoms with Crippen molar-refractivity contribution in [2.45, 2.75) is 13.1 Å². The lowest BCUT2D eigenvalue weighted by Crippen LogP contribution is -2.05. The fourth-order valence-corrected chi connectivity index (χ4v) is 4.26. The molecule has 0 saturated carbocycles. The number of alkyl halides is 3. The summed E-state index contributed by atoms with van der Waals surface area (Å²) in [6, 6.07) is 3.97. The Morgan fingerprint density at radius 2 is 1.92 bits per heavy atom. The molecule has 0 aliphatic rings. The Labute approximate surface area is 153 Å². The number of aryl methyl sites for hydroxylation is 1. The van der Waals surface area contributed by atoms with Gasteiger partial charge in [-0.15, -0.1) is 22.7 Å². The SMILES string of the molecule is Cc1sc(C(=O)S)cc1-c1nc(-c2cc(F)cc(C(F)(F)F)c2)cs1. The molecule has 0 amide bonds. The van der Waals surface area contributed by atoms with Crippen molar-refractivity contribution in [3.8, 4) is 21.8 Å². The first-order valence-electron chi connectivity index (χ1n) is 6.83. The van der Waals surface area contributed by atoms with Crippen LogP contribution in [0.15, 0.2) is 29.6 Å². The number of thiazole rings is 1. The van der Waals surface area contributed by atoms with E-state index in [1.54, 1.807) is 11.4 Å². The Balaban J connectivity index is 2.03. The third-order valence-electron chi connectivity index (χ3n) is 3.38. The summed E-state index contributed by atoms with van der Waals surface area (Å²) in [5.41, 5.74) is -0.0552. The summed E-state index contributed by atoms with van der Waals surface area (Å²) in [7, 11) is 0. The zero-order valence-corrected chi connectivity index (χ0v) is 15.0. The molecule has 130 valence electrons. The molecule has 9 heteroatoms. The third kappa shape index (κ3) is 3.78. The minimum atomic E-state index is -4.64. The van der Waals surface area contributed by atoms with Gasteiger partial charge < -0.3 is 0 Å². The summed E-state index contributed by atoms with van der Waals surface area (Å²) in [4.78, 5) is 16.9. The number of hydrogen-bond acceptors (Lipinski definition) is 4. The standard InChI is InChI=1S/C16H9F4NOS3/c1-7-11(5-13(25-7)15(22)23)14-21-12(6-24-14)8-2-9(16(18,19)20)4-10(17)3-8/h2-6H,1H3,(H,22,23). The molecule has 0 N–H and O–H groups in total. The van der Waals surface area contributed by atoms with Gasteiger partial charge in [0.2, 0.25) is 5.12 Å². The summed E-state index contributed by atoms with van der Waals surface area (Å²) < 4.78 is 52.1. The van der Waals surface area contributed by atoms with Gasteiger partial charge in [-0.1, -0.05) is 12.6 Å². The van der Waals surface area contributed by atoms with Crippen LogP contribution in [0.3, 0.4) is 0 Å². The number of thiol groups is 1. The summed E-state index contributed by atoms with van der Waals surface area (Å²) in [5.74, 6) is -0.978. The van der Waals surface area contributed by atoms with Crippen LogP contribution >= 0.6 is 35.3 Å². The van der Waals surface area contributed by atoms with E-state index in [4.69, 9.17) is 0 Å². The molecule has 0 atom stereocenters. The lowest BCUT2D eigenvalue weighted by atomic mass is 10.1. The fraction of sp³-hybridized carbons (Fsp3) is 0.125. The number of nitrogens with zero attached hydrogens (tertiary/aromatic N) is 1. The molecule has 0 saturated heterocycles. The molecule has 0 fully saturated rings. The number of aromatic nitrogens is 1. The zero-order chi connectivity index (χ0) is 18.4. The predicted octanol–water partition coefficient (Wildman–Crippen LogP) is 6.07. The number of thiophene rings is 1. The van der Waals surface area contributed by atoms with Gasteiger partial charge in [0.05, 0.1) is 16.1 Å². The Morgan fingerprint density at radius 3 is 2.52 bits per heavy atom. The van der Waals surface area contributed by atoms with E-state index in [0.29, 0.717) is 21.5 Å². The van der Waals surface area contributed by atoms with Crippen LogP contribution in [0.25, 0.3) is 21.8 Å². The second-order valence-electron chi connectivity index (χ2n) is 5.15. The Bertz CT molecular complexity index is 959. The summed E-state index contributed by atoms with van der Waals surface area (Å²) >= 11 is 6.25. The monoisotopic (exact) mass is 403 g/mol. The van der Waals surface area contributed by atoms with Crippen molar-refractivity contribution in [3.63, 3.8) is 0 Å². The molecule has 2 nitrogen and oxygen atoms in total. The highest BCUT2D eigenvalue weighted by Gasteiger charge is 2.31. The minimum absolute atomic E-state index is 0.0493. The smallest absolute Gasteiger partial charge is 0.281 e. The maximum absolute atomic E-state index is 13.6. The number of carbonyl (C=O) groups excluding carboxylic acids is 1. The first-order valence-corrected chi connectivity index (χ1v) is 8.97. The van der Waals surface area contributed by atoms with E-state index in [9.17, 15) is 22.4 Å². The first kappa shape index (κ1) is 18.1. The molecule has 0 aliphatic heterocycles. The molecule has 0 aliphatic carbocycles. The number of halogens is 4. The second kappa shape index (κ2) is 6.54. The van der Waals surface area contributed by atoms with E-state index in [1.807, 2.05) is 6.92 Å². The number of rotatable bonds is 3. The van der Waals surface area contributed by atoms with Crippen molar-refractivity contribution in [2.24, 2.45) is 0 Å². The van der Waals surface area contributed by atoms with Gasteiger partial charge in [-0.25, -0.2) is 9.37 Å². The highest BCUT2D eigenvalue weighted by atomic mass is 32.1. The molecular weight excluding hydrogens is 394 g/mol. The fourth-order valence-electron chi connectivity index (χ4n) is 2.23. The van der Waals surface area contributed by atoms with E-state index < -0.39 is 17.6 Å². The number of carbonyl (C=O) groups is 1. The van der Waals surface area contributed by atoms with E-state index >= 15 is 0 Å². The van der Waals surface area contributed by atoms with Gasteiger partial charge in [-0.2, -0.15) is 13.2 Å². The normalized spacial score (nSPS) is 11.8. The van der Waals surface area contributed by atoms with Gasteiger partial charge in [0.25, 0.3) is 0 Å². The number of hydrogen-bond donors (Lipinski definition) is 1. The molecule has 25 heavy (non-hydrogen) atoms. The van der Waals surface area contributed by atoms with Crippen molar-refractivity contribution in [3.05, 3.63) is 50.8 Å².